The fourth-order valence-corrected chi connectivity index (χ4v) is 0.983. The Labute approximate surface area is 66.7 Å². The minimum Gasteiger partial charge on any atom is -0.463 e. The Hall–Kier alpha value is -0.570. The minimum atomic E-state index is -0.0606. The van der Waals surface area contributed by atoms with Gasteiger partial charge in [0.05, 0.1) is 12.5 Å². The second kappa shape index (κ2) is 3.72. The SMILES string of the molecule is COCCOC(=O)C1CC1C. The molecule has 0 spiro atoms. The van der Waals surface area contributed by atoms with Crippen LogP contribution in [0.5, 0.6) is 0 Å². The van der Waals surface area contributed by atoms with E-state index in [2.05, 4.69) is 6.92 Å². The van der Waals surface area contributed by atoms with Crippen LogP contribution < -0.4 is 0 Å². The first-order valence-electron chi connectivity index (χ1n) is 3.91. The summed E-state index contributed by atoms with van der Waals surface area (Å²) in [5.41, 5.74) is 0. The maximum atomic E-state index is 11.0. The number of rotatable bonds is 4. The maximum absolute atomic E-state index is 11.0. The molecule has 64 valence electrons. The quantitative estimate of drug-likeness (QED) is 0.449. The molecule has 3 heteroatoms. The average molecular weight is 158 g/mol. The molecule has 3 nitrogen and oxygen atoms in total. The van der Waals surface area contributed by atoms with Crippen molar-refractivity contribution >= 4 is 5.97 Å². The fourth-order valence-electron chi connectivity index (χ4n) is 0.983. The Morgan fingerprint density at radius 1 is 1.55 bits per heavy atom. The Morgan fingerprint density at radius 2 is 2.18 bits per heavy atom. The molecule has 0 amide bonds. The van der Waals surface area contributed by atoms with Gasteiger partial charge in [0.25, 0.3) is 0 Å². The molecule has 2 atom stereocenters. The Bertz CT molecular complexity index is 144. The Kier molecular flexibility index (Phi) is 2.88. The smallest absolute Gasteiger partial charge is 0.309 e. The zero-order chi connectivity index (χ0) is 8.27. The zero-order valence-electron chi connectivity index (χ0n) is 7.00. The van der Waals surface area contributed by atoms with Crippen LogP contribution in [-0.4, -0.2) is 26.3 Å². The molecule has 0 heterocycles. The summed E-state index contributed by atoms with van der Waals surface area (Å²) in [6.45, 7) is 2.94. The number of hydrogen-bond donors (Lipinski definition) is 0. The third-order valence-corrected chi connectivity index (χ3v) is 1.94. The summed E-state index contributed by atoms with van der Waals surface area (Å²) in [6.07, 6.45) is 0.992. The molecule has 0 aliphatic heterocycles. The van der Waals surface area contributed by atoms with Gasteiger partial charge in [0.2, 0.25) is 0 Å². The van der Waals surface area contributed by atoms with E-state index < -0.39 is 0 Å². The average Bonchev–Trinajstić information content (AvgIpc) is 2.67. The van der Waals surface area contributed by atoms with Gasteiger partial charge < -0.3 is 9.47 Å². The Morgan fingerprint density at radius 3 is 2.64 bits per heavy atom. The van der Waals surface area contributed by atoms with E-state index in [4.69, 9.17) is 9.47 Å². The minimum absolute atomic E-state index is 0.0606. The topological polar surface area (TPSA) is 35.5 Å². The van der Waals surface area contributed by atoms with Gasteiger partial charge in [0.15, 0.2) is 0 Å². The molecule has 1 saturated carbocycles. The molecule has 1 aliphatic rings. The van der Waals surface area contributed by atoms with Gasteiger partial charge in [0.1, 0.15) is 6.61 Å². The third kappa shape index (κ3) is 2.50. The highest BCUT2D eigenvalue weighted by molar-refractivity contribution is 5.75. The second-order valence-corrected chi connectivity index (χ2v) is 2.98. The number of hydrogen-bond acceptors (Lipinski definition) is 3. The van der Waals surface area contributed by atoms with Crippen molar-refractivity contribution in [1.29, 1.82) is 0 Å². The highest BCUT2D eigenvalue weighted by Crippen LogP contribution is 2.38. The van der Waals surface area contributed by atoms with Crippen LogP contribution in [-0.2, 0) is 14.3 Å². The summed E-state index contributed by atoms with van der Waals surface area (Å²) in [7, 11) is 1.59. The van der Waals surface area contributed by atoms with Crippen LogP contribution >= 0.6 is 0 Å². The van der Waals surface area contributed by atoms with Crippen molar-refractivity contribution in [2.75, 3.05) is 20.3 Å². The van der Waals surface area contributed by atoms with Gasteiger partial charge >= 0.3 is 5.97 Å². The summed E-state index contributed by atoms with van der Waals surface area (Å²) in [5.74, 6) is 0.645. The van der Waals surface area contributed by atoms with Crippen molar-refractivity contribution < 1.29 is 14.3 Å². The van der Waals surface area contributed by atoms with Crippen LogP contribution in [0.1, 0.15) is 13.3 Å². The largest absolute Gasteiger partial charge is 0.463 e. The summed E-state index contributed by atoms with van der Waals surface area (Å²) >= 11 is 0. The van der Waals surface area contributed by atoms with E-state index in [-0.39, 0.29) is 11.9 Å². The van der Waals surface area contributed by atoms with E-state index in [1.807, 2.05) is 0 Å². The van der Waals surface area contributed by atoms with E-state index in [0.29, 0.717) is 19.1 Å². The van der Waals surface area contributed by atoms with Crippen LogP contribution in [0.4, 0.5) is 0 Å². The van der Waals surface area contributed by atoms with Crippen LogP contribution in [0, 0.1) is 11.8 Å². The summed E-state index contributed by atoms with van der Waals surface area (Å²) in [6, 6.07) is 0. The second-order valence-electron chi connectivity index (χ2n) is 2.98. The van der Waals surface area contributed by atoms with Crippen molar-refractivity contribution in [1.82, 2.24) is 0 Å². The number of ether oxygens (including phenoxy) is 2. The molecular weight excluding hydrogens is 144 g/mol. The highest BCUT2D eigenvalue weighted by atomic mass is 16.6. The zero-order valence-corrected chi connectivity index (χ0v) is 7.00. The van der Waals surface area contributed by atoms with E-state index in [9.17, 15) is 4.79 Å². The molecule has 1 rings (SSSR count). The van der Waals surface area contributed by atoms with Crippen LogP contribution in [0.3, 0.4) is 0 Å². The first kappa shape index (κ1) is 8.53. The van der Waals surface area contributed by atoms with Crippen molar-refractivity contribution in [3.63, 3.8) is 0 Å². The Balaban J connectivity index is 2.03. The van der Waals surface area contributed by atoms with Gasteiger partial charge in [-0.3, -0.25) is 4.79 Å². The van der Waals surface area contributed by atoms with Crippen LogP contribution in [0.15, 0.2) is 0 Å². The lowest BCUT2D eigenvalue weighted by Gasteiger charge is -2.01. The molecule has 2 unspecified atom stereocenters. The fraction of sp³-hybridized carbons (Fsp3) is 0.875. The standard InChI is InChI=1S/C8H14O3/c1-6-5-7(6)8(9)11-4-3-10-2/h6-7H,3-5H2,1-2H3. The van der Waals surface area contributed by atoms with E-state index in [1.54, 1.807) is 7.11 Å². The van der Waals surface area contributed by atoms with Gasteiger partial charge in [-0.1, -0.05) is 6.92 Å². The normalized spacial score (nSPS) is 28.2. The molecule has 11 heavy (non-hydrogen) atoms. The van der Waals surface area contributed by atoms with E-state index >= 15 is 0 Å². The summed E-state index contributed by atoms with van der Waals surface area (Å²) in [5, 5.41) is 0. The summed E-state index contributed by atoms with van der Waals surface area (Å²) < 4.78 is 9.65. The number of methoxy groups -OCH3 is 1. The summed E-state index contributed by atoms with van der Waals surface area (Å²) in [4.78, 5) is 11.0. The first-order valence-corrected chi connectivity index (χ1v) is 3.91. The highest BCUT2D eigenvalue weighted by Gasteiger charge is 2.40. The van der Waals surface area contributed by atoms with E-state index in [0.717, 1.165) is 6.42 Å². The van der Waals surface area contributed by atoms with Gasteiger partial charge in [-0.05, 0) is 12.3 Å². The molecule has 1 aliphatic carbocycles. The molecule has 0 N–H and O–H groups in total. The number of esters is 1. The van der Waals surface area contributed by atoms with Gasteiger partial charge in [-0.2, -0.15) is 0 Å². The molecule has 0 aromatic heterocycles. The predicted molar refractivity (Wildman–Crippen MR) is 40.1 cm³/mol. The lowest BCUT2D eigenvalue weighted by Crippen LogP contribution is -2.11. The van der Waals surface area contributed by atoms with Crippen LogP contribution in [0.2, 0.25) is 0 Å². The molecular formula is C8H14O3. The third-order valence-electron chi connectivity index (χ3n) is 1.94. The molecule has 0 aromatic rings. The van der Waals surface area contributed by atoms with E-state index in [1.165, 1.54) is 0 Å². The van der Waals surface area contributed by atoms with Crippen molar-refractivity contribution in [3.8, 4) is 0 Å². The van der Waals surface area contributed by atoms with Crippen molar-refractivity contribution in [2.24, 2.45) is 11.8 Å². The number of carbonyl (C=O) groups is 1. The molecule has 0 bridgehead atoms. The van der Waals surface area contributed by atoms with Crippen molar-refractivity contribution in [2.45, 2.75) is 13.3 Å². The van der Waals surface area contributed by atoms with Crippen molar-refractivity contribution in [3.05, 3.63) is 0 Å². The van der Waals surface area contributed by atoms with Gasteiger partial charge in [0, 0.05) is 7.11 Å². The molecule has 0 aromatic carbocycles. The number of carbonyl (C=O) groups excluding carboxylic acids is 1. The molecule has 0 saturated heterocycles. The lowest BCUT2D eigenvalue weighted by molar-refractivity contribution is -0.146. The van der Waals surface area contributed by atoms with Gasteiger partial charge in [-0.25, -0.2) is 0 Å². The lowest BCUT2D eigenvalue weighted by atomic mass is 10.3. The molecule has 0 radical (unpaired) electrons. The maximum Gasteiger partial charge on any atom is 0.309 e. The van der Waals surface area contributed by atoms with Crippen LogP contribution in [0.25, 0.3) is 0 Å². The predicted octanol–water partition coefficient (Wildman–Crippen LogP) is 0.832. The molecule has 1 fully saturated rings. The monoisotopic (exact) mass is 158 g/mol. The first-order chi connectivity index (χ1) is 5.25. The van der Waals surface area contributed by atoms with Gasteiger partial charge in [-0.15, -0.1) is 0 Å².